The molecule has 0 unspecified atom stereocenters. The van der Waals surface area contributed by atoms with Crippen LogP contribution in [0.2, 0.25) is 0 Å². The Morgan fingerprint density at radius 2 is 1.75 bits per heavy atom. The third kappa shape index (κ3) is 3.79. The minimum absolute atomic E-state index is 0.157. The number of ether oxygens (including phenoxy) is 3. The van der Waals surface area contributed by atoms with Gasteiger partial charge in [0.05, 0.1) is 6.04 Å². The molecule has 5 nitrogen and oxygen atoms in total. The predicted molar refractivity (Wildman–Crippen MR) is 90.5 cm³/mol. The van der Waals surface area contributed by atoms with Gasteiger partial charge in [-0.15, -0.1) is 0 Å². The van der Waals surface area contributed by atoms with E-state index in [0.717, 1.165) is 11.3 Å². The molecule has 0 fully saturated rings. The van der Waals surface area contributed by atoms with Gasteiger partial charge in [-0.1, -0.05) is 24.3 Å². The summed E-state index contributed by atoms with van der Waals surface area (Å²) < 4.78 is 16.7. The lowest BCUT2D eigenvalue weighted by Gasteiger charge is -2.22. The van der Waals surface area contributed by atoms with Gasteiger partial charge in [-0.05, 0) is 43.7 Å². The van der Waals surface area contributed by atoms with Gasteiger partial charge in [0.15, 0.2) is 17.6 Å². The van der Waals surface area contributed by atoms with Crippen molar-refractivity contribution in [3.8, 4) is 17.2 Å². The maximum atomic E-state index is 12.3. The Kier molecular flexibility index (Phi) is 4.89. The van der Waals surface area contributed by atoms with Gasteiger partial charge >= 0.3 is 0 Å². The van der Waals surface area contributed by atoms with Crippen LogP contribution < -0.4 is 19.5 Å². The fourth-order valence-electron chi connectivity index (χ4n) is 2.50. The molecule has 1 amide bonds. The van der Waals surface area contributed by atoms with E-state index in [2.05, 4.69) is 5.32 Å². The van der Waals surface area contributed by atoms with Gasteiger partial charge in [-0.2, -0.15) is 0 Å². The van der Waals surface area contributed by atoms with Crippen LogP contribution in [0.5, 0.6) is 17.2 Å². The number of hydrogen-bond acceptors (Lipinski definition) is 4. The Balaban J connectivity index is 1.61. The van der Waals surface area contributed by atoms with Gasteiger partial charge in [0.2, 0.25) is 0 Å². The van der Waals surface area contributed by atoms with Crippen molar-refractivity contribution in [3.63, 3.8) is 0 Å². The summed E-state index contributed by atoms with van der Waals surface area (Å²) in [6.45, 7) is 4.77. The van der Waals surface area contributed by atoms with Crippen molar-refractivity contribution in [2.45, 2.75) is 26.0 Å². The standard InChI is InChI=1S/C19H21NO4/c1-13(15-8-9-17-18(12-15)23-11-10-22-17)20-19(21)14(2)24-16-6-4-3-5-7-16/h3-9,12-14H,10-11H2,1-2H3,(H,20,21)/t13-,14-/m0/s1. The zero-order valence-corrected chi connectivity index (χ0v) is 13.8. The van der Waals surface area contributed by atoms with E-state index in [0.29, 0.717) is 24.7 Å². The first kappa shape index (κ1) is 16.2. The quantitative estimate of drug-likeness (QED) is 0.917. The second-order valence-corrected chi connectivity index (χ2v) is 5.71. The largest absolute Gasteiger partial charge is 0.486 e. The molecule has 24 heavy (non-hydrogen) atoms. The van der Waals surface area contributed by atoms with Crippen molar-refractivity contribution < 1.29 is 19.0 Å². The van der Waals surface area contributed by atoms with Crippen LogP contribution in [0.3, 0.4) is 0 Å². The topological polar surface area (TPSA) is 56.8 Å². The average molecular weight is 327 g/mol. The smallest absolute Gasteiger partial charge is 0.261 e. The second-order valence-electron chi connectivity index (χ2n) is 5.71. The van der Waals surface area contributed by atoms with E-state index < -0.39 is 6.10 Å². The van der Waals surface area contributed by atoms with Crippen molar-refractivity contribution in [1.29, 1.82) is 0 Å². The Morgan fingerprint density at radius 3 is 2.50 bits per heavy atom. The second kappa shape index (κ2) is 7.25. The highest BCUT2D eigenvalue weighted by Crippen LogP contribution is 2.32. The van der Waals surface area contributed by atoms with E-state index >= 15 is 0 Å². The number of carbonyl (C=O) groups excluding carboxylic acids is 1. The Bertz CT molecular complexity index is 702. The number of rotatable bonds is 5. The summed E-state index contributed by atoms with van der Waals surface area (Å²) in [6.07, 6.45) is -0.577. The zero-order valence-electron chi connectivity index (χ0n) is 13.8. The normalized spacial score (nSPS) is 15.2. The number of fused-ring (bicyclic) bond motifs is 1. The van der Waals surface area contributed by atoms with Crippen molar-refractivity contribution in [2.24, 2.45) is 0 Å². The van der Waals surface area contributed by atoms with Crippen molar-refractivity contribution >= 4 is 5.91 Å². The monoisotopic (exact) mass is 327 g/mol. The van der Waals surface area contributed by atoms with E-state index in [4.69, 9.17) is 14.2 Å². The molecule has 0 radical (unpaired) electrons. The number of para-hydroxylation sites is 1. The van der Waals surface area contributed by atoms with Gasteiger partial charge in [0.25, 0.3) is 5.91 Å². The van der Waals surface area contributed by atoms with E-state index in [1.165, 1.54) is 0 Å². The summed E-state index contributed by atoms with van der Waals surface area (Å²) in [5.74, 6) is 1.96. The summed E-state index contributed by atoms with van der Waals surface area (Å²) in [6, 6.07) is 14.9. The summed E-state index contributed by atoms with van der Waals surface area (Å²) in [4.78, 5) is 12.3. The first-order chi connectivity index (χ1) is 11.6. The Labute approximate surface area is 141 Å². The molecule has 0 aromatic heterocycles. The van der Waals surface area contributed by atoms with Crippen molar-refractivity contribution in [2.75, 3.05) is 13.2 Å². The first-order valence-electron chi connectivity index (χ1n) is 8.05. The SMILES string of the molecule is C[C@H](Oc1ccccc1)C(=O)N[C@@H](C)c1ccc2c(c1)OCCO2. The number of amides is 1. The highest BCUT2D eigenvalue weighted by atomic mass is 16.6. The van der Waals surface area contributed by atoms with Crippen molar-refractivity contribution in [1.82, 2.24) is 5.32 Å². The van der Waals surface area contributed by atoms with Crippen LogP contribution in [-0.4, -0.2) is 25.2 Å². The Morgan fingerprint density at radius 1 is 1.04 bits per heavy atom. The third-order valence-corrected chi connectivity index (χ3v) is 3.85. The maximum Gasteiger partial charge on any atom is 0.261 e. The molecule has 2 aromatic rings. The minimum atomic E-state index is -0.577. The van der Waals surface area contributed by atoms with Crippen LogP contribution in [0.25, 0.3) is 0 Å². The highest BCUT2D eigenvalue weighted by molar-refractivity contribution is 5.81. The number of nitrogens with one attached hydrogen (secondary N) is 1. The molecule has 5 heteroatoms. The molecule has 126 valence electrons. The molecule has 2 aromatic carbocycles. The molecule has 0 bridgehead atoms. The third-order valence-electron chi connectivity index (χ3n) is 3.85. The molecule has 2 atom stereocenters. The van der Waals surface area contributed by atoms with E-state index in [1.807, 2.05) is 55.5 Å². The van der Waals surface area contributed by atoms with Crippen LogP contribution in [0, 0.1) is 0 Å². The van der Waals surface area contributed by atoms with Crippen LogP contribution in [0.15, 0.2) is 48.5 Å². The van der Waals surface area contributed by atoms with Gasteiger partial charge in [0.1, 0.15) is 19.0 Å². The summed E-state index contributed by atoms with van der Waals surface area (Å²) in [5.41, 5.74) is 0.958. The summed E-state index contributed by atoms with van der Waals surface area (Å²) in [7, 11) is 0. The summed E-state index contributed by atoms with van der Waals surface area (Å²) in [5, 5.41) is 2.96. The molecule has 1 N–H and O–H groups in total. The lowest BCUT2D eigenvalue weighted by Crippen LogP contribution is -2.37. The van der Waals surface area contributed by atoms with Gasteiger partial charge in [-0.3, -0.25) is 4.79 Å². The lowest BCUT2D eigenvalue weighted by molar-refractivity contribution is -0.127. The molecule has 1 aliphatic heterocycles. The minimum Gasteiger partial charge on any atom is -0.486 e. The van der Waals surface area contributed by atoms with Crippen LogP contribution in [0.1, 0.15) is 25.5 Å². The van der Waals surface area contributed by atoms with Gasteiger partial charge in [0, 0.05) is 0 Å². The molecule has 0 saturated carbocycles. The molecule has 3 rings (SSSR count). The zero-order chi connectivity index (χ0) is 16.9. The highest BCUT2D eigenvalue weighted by Gasteiger charge is 2.19. The van der Waals surface area contributed by atoms with Gasteiger partial charge in [-0.25, -0.2) is 0 Å². The van der Waals surface area contributed by atoms with Crippen LogP contribution in [-0.2, 0) is 4.79 Å². The Hall–Kier alpha value is -2.69. The van der Waals surface area contributed by atoms with Crippen LogP contribution in [0.4, 0.5) is 0 Å². The molecular weight excluding hydrogens is 306 g/mol. The molecule has 1 heterocycles. The van der Waals surface area contributed by atoms with E-state index in [9.17, 15) is 4.79 Å². The predicted octanol–water partition coefficient (Wildman–Crippen LogP) is 3.10. The van der Waals surface area contributed by atoms with Crippen molar-refractivity contribution in [3.05, 3.63) is 54.1 Å². The molecule has 0 saturated heterocycles. The summed E-state index contributed by atoms with van der Waals surface area (Å²) >= 11 is 0. The van der Waals surface area contributed by atoms with E-state index in [-0.39, 0.29) is 11.9 Å². The van der Waals surface area contributed by atoms with Crippen LogP contribution >= 0.6 is 0 Å². The van der Waals surface area contributed by atoms with E-state index in [1.54, 1.807) is 6.92 Å². The molecule has 1 aliphatic rings. The fourth-order valence-corrected chi connectivity index (χ4v) is 2.50. The molecule has 0 aliphatic carbocycles. The number of hydrogen-bond donors (Lipinski definition) is 1. The lowest BCUT2D eigenvalue weighted by atomic mass is 10.1. The average Bonchev–Trinajstić information content (AvgIpc) is 2.62. The number of benzene rings is 2. The maximum absolute atomic E-state index is 12.3. The fraction of sp³-hybridized carbons (Fsp3) is 0.316. The number of carbonyl (C=O) groups is 1. The first-order valence-corrected chi connectivity index (χ1v) is 8.05. The molecular formula is C19H21NO4. The molecule has 0 spiro atoms. The van der Waals surface area contributed by atoms with Gasteiger partial charge < -0.3 is 19.5 Å².